The third-order valence-electron chi connectivity index (χ3n) is 8.34. The van der Waals surface area contributed by atoms with Gasteiger partial charge in [-0.3, -0.25) is 0 Å². The van der Waals surface area contributed by atoms with E-state index in [0.717, 1.165) is 12.0 Å². The van der Waals surface area contributed by atoms with Crippen molar-refractivity contribution in [3.05, 3.63) is 60.2 Å². The van der Waals surface area contributed by atoms with Gasteiger partial charge in [-0.25, -0.2) is 13.2 Å². The summed E-state index contributed by atoms with van der Waals surface area (Å²) in [7, 11) is -2.60. The molecule has 0 unspecified atom stereocenters. The Balaban J connectivity index is 1.57. The molecular weight excluding hydrogens is 602 g/mol. The van der Waals surface area contributed by atoms with Crippen LogP contribution in [0.25, 0.3) is 0 Å². The standard InChI is InChI=1S/C32H45N3O9S/c1-22(34-38)14-16-32(2,3)21-35(45(39,40)25-12-10-24(41-4)11-13-25)19-28(36)27(18-23-8-6-5-7-9-23)33-31(37)44-29-20-43-30-26(29)15-17-42-30/h5-13,26-30,36,38H,14-21H2,1-4H3,(H,33,37)/b34-22-/t26-,27-,28+,29-,30+/m0/s1. The highest BCUT2D eigenvalue weighted by Gasteiger charge is 2.44. The van der Waals surface area contributed by atoms with Crippen LogP contribution in [0.2, 0.25) is 0 Å². The van der Waals surface area contributed by atoms with Crippen molar-refractivity contribution in [1.82, 2.24) is 9.62 Å². The van der Waals surface area contributed by atoms with E-state index in [1.54, 1.807) is 19.1 Å². The molecule has 2 aliphatic heterocycles. The summed E-state index contributed by atoms with van der Waals surface area (Å²) in [4.78, 5) is 13.2. The second kappa shape index (κ2) is 15.4. The average Bonchev–Trinajstić information content (AvgIpc) is 3.65. The highest BCUT2D eigenvalue weighted by atomic mass is 32.2. The maximum absolute atomic E-state index is 14.1. The molecule has 13 heteroatoms. The number of ether oxygens (including phenoxy) is 4. The molecule has 0 aromatic heterocycles. The Morgan fingerprint density at radius 2 is 1.87 bits per heavy atom. The van der Waals surface area contributed by atoms with Crippen molar-refractivity contribution in [3.63, 3.8) is 0 Å². The molecule has 4 rings (SSSR count). The van der Waals surface area contributed by atoms with Gasteiger partial charge in [-0.15, -0.1) is 0 Å². The highest BCUT2D eigenvalue weighted by Crippen LogP contribution is 2.33. The zero-order chi connectivity index (χ0) is 32.6. The van der Waals surface area contributed by atoms with Crippen LogP contribution in [0.3, 0.4) is 0 Å². The van der Waals surface area contributed by atoms with Crippen molar-refractivity contribution in [2.75, 3.05) is 33.4 Å². The number of oxime groups is 1. The number of amides is 1. The van der Waals surface area contributed by atoms with Crippen LogP contribution in [-0.4, -0.2) is 92.8 Å². The molecule has 0 aliphatic carbocycles. The first-order valence-electron chi connectivity index (χ1n) is 15.2. The Morgan fingerprint density at radius 3 is 2.53 bits per heavy atom. The molecule has 2 fully saturated rings. The predicted octanol–water partition coefficient (Wildman–Crippen LogP) is 3.80. The molecule has 0 saturated carbocycles. The number of sulfonamides is 1. The van der Waals surface area contributed by atoms with Crippen LogP contribution in [0.5, 0.6) is 5.75 Å². The van der Waals surface area contributed by atoms with Gasteiger partial charge in [-0.1, -0.05) is 49.3 Å². The van der Waals surface area contributed by atoms with E-state index in [2.05, 4.69) is 10.5 Å². The largest absolute Gasteiger partial charge is 0.497 e. The number of rotatable bonds is 15. The lowest BCUT2D eigenvalue weighted by atomic mass is 9.86. The second-order valence-corrected chi connectivity index (χ2v) is 14.4. The van der Waals surface area contributed by atoms with E-state index in [1.165, 1.54) is 23.5 Å². The minimum absolute atomic E-state index is 0.0425. The minimum Gasteiger partial charge on any atom is -0.497 e. The molecule has 0 spiro atoms. The van der Waals surface area contributed by atoms with Crippen LogP contribution in [0.1, 0.15) is 45.6 Å². The highest BCUT2D eigenvalue weighted by molar-refractivity contribution is 7.89. The summed E-state index contributed by atoms with van der Waals surface area (Å²) in [6.07, 6.45) is -0.947. The van der Waals surface area contributed by atoms with Gasteiger partial charge in [-0.05, 0) is 67.9 Å². The molecule has 2 heterocycles. The van der Waals surface area contributed by atoms with E-state index in [4.69, 9.17) is 24.2 Å². The van der Waals surface area contributed by atoms with E-state index in [-0.39, 0.29) is 43.2 Å². The van der Waals surface area contributed by atoms with Gasteiger partial charge < -0.3 is 34.6 Å². The number of benzene rings is 2. The monoisotopic (exact) mass is 647 g/mol. The lowest BCUT2D eigenvalue weighted by molar-refractivity contribution is -0.0907. The number of hydrogen-bond acceptors (Lipinski definition) is 10. The summed E-state index contributed by atoms with van der Waals surface area (Å²) in [6, 6.07) is 14.5. The molecule has 2 aliphatic rings. The molecule has 45 heavy (non-hydrogen) atoms. The van der Waals surface area contributed by atoms with Crippen molar-refractivity contribution in [2.24, 2.45) is 16.5 Å². The first kappa shape index (κ1) is 34.6. The summed E-state index contributed by atoms with van der Waals surface area (Å²) in [5, 5.41) is 26.8. The quantitative estimate of drug-likeness (QED) is 0.149. The van der Waals surface area contributed by atoms with Crippen molar-refractivity contribution in [2.45, 2.75) is 75.9 Å². The van der Waals surface area contributed by atoms with Crippen molar-refractivity contribution >= 4 is 21.8 Å². The molecule has 2 aromatic carbocycles. The molecule has 5 atom stereocenters. The van der Waals surface area contributed by atoms with Gasteiger partial charge in [0, 0.05) is 13.1 Å². The van der Waals surface area contributed by atoms with Gasteiger partial charge in [0.1, 0.15) is 11.9 Å². The number of hydrogen-bond donors (Lipinski definition) is 3. The number of methoxy groups -OCH3 is 1. The number of nitrogens with zero attached hydrogens (tertiary/aromatic N) is 2. The van der Waals surface area contributed by atoms with E-state index in [0.29, 0.717) is 30.9 Å². The Bertz CT molecular complexity index is 1390. The lowest BCUT2D eigenvalue weighted by Crippen LogP contribution is -2.52. The number of carbonyl (C=O) groups excluding carboxylic acids is 1. The number of carbonyl (C=O) groups is 1. The molecule has 12 nitrogen and oxygen atoms in total. The summed E-state index contributed by atoms with van der Waals surface area (Å²) in [5.74, 6) is 0.452. The third-order valence-corrected chi connectivity index (χ3v) is 10.2. The van der Waals surface area contributed by atoms with Gasteiger partial charge >= 0.3 is 6.09 Å². The Kier molecular flexibility index (Phi) is 11.8. The number of fused-ring (bicyclic) bond motifs is 1. The maximum atomic E-state index is 14.1. The molecule has 0 radical (unpaired) electrons. The van der Waals surface area contributed by atoms with E-state index in [9.17, 15) is 18.3 Å². The first-order valence-corrected chi connectivity index (χ1v) is 16.6. The number of aliphatic hydroxyl groups is 1. The fourth-order valence-electron chi connectivity index (χ4n) is 5.63. The predicted molar refractivity (Wildman–Crippen MR) is 167 cm³/mol. The van der Waals surface area contributed by atoms with Crippen LogP contribution in [0, 0.1) is 11.3 Å². The van der Waals surface area contributed by atoms with E-state index < -0.39 is 39.8 Å². The van der Waals surface area contributed by atoms with Gasteiger partial charge in [0.2, 0.25) is 10.0 Å². The Labute approximate surface area is 265 Å². The Hall–Kier alpha value is -3.23. The van der Waals surface area contributed by atoms with Crippen molar-refractivity contribution in [1.29, 1.82) is 0 Å². The summed E-state index contributed by atoms with van der Waals surface area (Å²) < 4.78 is 51.4. The van der Waals surface area contributed by atoms with Crippen molar-refractivity contribution < 1.29 is 42.5 Å². The minimum atomic E-state index is -4.10. The zero-order valence-electron chi connectivity index (χ0n) is 26.3. The maximum Gasteiger partial charge on any atom is 0.407 e. The van der Waals surface area contributed by atoms with Crippen LogP contribution in [0.15, 0.2) is 64.6 Å². The zero-order valence-corrected chi connectivity index (χ0v) is 27.1. The number of alkyl carbamates (subject to hydrolysis) is 1. The lowest BCUT2D eigenvalue weighted by Gasteiger charge is -2.35. The van der Waals surface area contributed by atoms with Gasteiger partial charge in [0.15, 0.2) is 6.29 Å². The van der Waals surface area contributed by atoms with E-state index in [1.807, 2.05) is 44.2 Å². The first-order chi connectivity index (χ1) is 21.4. The summed E-state index contributed by atoms with van der Waals surface area (Å²) in [6.45, 7) is 6.05. The third kappa shape index (κ3) is 9.39. The fourth-order valence-corrected chi connectivity index (χ4v) is 7.27. The van der Waals surface area contributed by atoms with E-state index >= 15 is 0 Å². The molecule has 2 saturated heterocycles. The smallest absolute Gasteiger partial charge is 0.407 e. The van der Waals surface area contributed by atoms with Gasteiger partial charge in [0.25, 0.3) is 0 Å². The van der Waals surface area contributed by atoms with Crippen LogP contribution >= 0.6 is 0 Å². The van der Waals surface area contributed by atoms with Crippen LogP contribution in [-0.2, 0) is 30.7 Å². The number of nitrogens with one attached hydrogen (secondary N) is 1. The SMILES string of the molecule is COc1ccc(S(=O)(=O)N(C[C@@H](O)[C@H](Cc2ccccc2)NC(=O)O[C@H]2CO[C@H]3OCC[C@H]32)CC(C)(C)CC/C(C)=N\O)cc1. The van der Waals surface area contributed by atoms with Gasteiger partial charge in [0.05, 0.1) is 49.0 Å². The molecule has 2 aromatic rings. The molecule has 248 valence electrons. The van der Waals surface area contributed by atoms with Crippen LogP contribution < -0.4 is 10.1 Å². The summed E-state index contributed by atoms with van der Waals surface area (Å²) in [5.41, 5.74) is 0.815. The van der Waals surface area contributed by atoms with Gasteiger partial charge in [-0.2, -0.15) is 4.31 Å². The second-order valence-electron chi connectivity index (χ2n) is 12.4. The fraction of sp³-hybridized carbons (Fsp3) is 0.562. The molecule has 1 amide bonds. The topological polar surface area (TPSA) is 156 Å². The average molecular weight is 648 g/mol. The normalized spacial score (nSPS) is 21.7. The van der Waals surface area contributed by atoms with Crippen LogP contribution in [0.4, 0.5) is 4.79 Å². The molecule has 0 bridgehead atoms. The Morgan fingerprint density at radius 1 is 1.16 bits per heavy atom. The molecular formula is C32H45N3O9S. The number of aliphatic hydroxyl groups excluding tert-OH is 1. The summed E-state index contributed by atoms with van der Waals surface area (Å²) >= 11 is 0. The molecule has 3 N–H and O–H groups in total. The van der Waals surface area contributed by atoms with Crippen molar-refractivity contribution in [3.8, 4) is 5.75 Å².